The number of rotatable bonds is 4. The van der Waals surface area contributed by atoms with Crippen LogP contribution in [0.4, 0.5) is 0 Å². The molecule has 0 aromatic carbocycles. The van der Waals surface area contributed by atoms with Crippen molar-refractivity contribution in [3.8, 4) is 0 Å². The molecule has 0 aliphatic rings. The Morgan fingerprint density at radius 3 is 2.57 bits per heavy atom. The van der Waals surface area contributed by atoms with Crippen LogP contribution in [0.25, 0.3) is 0 Å². The van der Waals surface area contributed by atoms with Gasteiger partial charge in [-0.15, -0.1) is 0 Å². The Morgan fingerprint density at radius 1 is 1.50 bits per heavy atom. The smallest absolute Gasteiger partial charge is 0.231 e. The van der Waals surface area contributed by atoms with Crippen LogP contribution < -0.4 is 5.73 Å². The highest BCUT2D eigenvalue weighted by Gasteiger charge is 2.03. The Labute approximate surface area is 83.0 Å². The molecule has 0 aliphatic heterocycles. The Bertz CT molecular complexity index is 309. The molecule has 1 aromatic heterocycles. The highest BCUT2D eigenvalue weighted by Crippen LogP contribution is 1.99. The molecule has 0 saturated carbocycles. The minimum Gasteiger partial charge on any atom is -0.369 e. The Morgan fingerprint density at radius 2 is 2.07 bits per heavy atom. The van der Waals surface area contributed by atoms with E-state index in [0.29, 0.717) is 6.54 Å². The van der Waals surface area contributed by atoms with E-state index in [2.05, 4.69) is 9.97 Å². The van der Waals surface area contributed by atoms with Crippen LogP contribution in [0.5, 0.6) is 0 Å². The SMILES string of the molecule is Cc1ncc(CN(C)CC(N)=O)cn1. The van der Waals surface area contributed by atoms with Gasteiger partial charge in [-0.25, -0.2) is 9.97 Å². The van der Waals surface area contributed by atoms with Crippen LogP contribution in [-0.4, -0.2) is 34.4 Å². The molecule has 0 radical (unpaired) electrons. The summed E-state index contributed by atoms with van der Waals surface area (Å²) in [7, 11) is 1.82. The van der Waals surface area contributed by atoms with Crippen molar-refractivity contribution in [2.75, 3.05) is 13.6 Å². The third kappa shape index (κ3) is 3.49. The number of aromatic nitrogens is 2. The fourth-order valence-corrected chi connectivity index (χ4v) is 1.13. The average molecular weight is 194 g/mol. The topological polar surface area (TPSA) is 72.1 Å². The van der Waals surface area contributed by atoms with Gasteiger partial charge in [0, 0.05) is 24.5 Å². The van der Waals surface area contributed by atoms with E-state index in [4.69, 9.17) is 5.73 Å². The van der Waals surface area contributed by atoms with Gasteiger partial charge in [0.1, 0.15) is 5.82 Å². The van der Waals surface area contributed by atoms with E-state index < -0.39 is 0 Å². The Kier molecular flexibility index (Phi) is 3.53. The van der Waals surface area contributed by atoms with Crippen LogP contribution in [0.15, 0.2) is 12.4 Å². The number of nitrogens with two attached hydrogens (primary N) is 1. The van der Waals surface area contributed by atoms with E-state index in [9.17, 15) is 4.79 Å². The van der Waals surface area contributed by atoms with Gasteiger partial charge in [0.15, 0.2) is 0 Å². The maximum atomic E-state index is 10.6. The molecule has 0 saturated heterocycles. The van der Waals surface area contributed by atoms with E-state index in [1.807, 2.05) is 18.9 Å². The minimum absolute atomic E-state index is 0.244. The van der Waals surface area contributed by atoms with Crippen molar-refractivity contribution in [1.82, 2.24) is 14.9 Å². The van der Waals surface area contributed by atoms with Gasteiger partial charge < -0.3 is 5.73 Å². The second-order valence-electron chi connectivity index (χ2n) is 3.28. The van der Waals surface area contributed by atoms with Crippen LogP contribution in [0.3, 0.4) is 0 Å². The summed E-state index contributed by atoms with van der Waals surface area (Å²) >= 11 is 0. The van der Waals surface area contributed by atoms with Gasteiger partial charge in [-0.2, -0.15) is 0 Å². The predicted octanol–water partition coefficient (Wildman–Crippen LogP) is -0.298. The van der Waals surface area contributed by atoms with Crippen molar-refractivity contribution in [2.24, 2.45) is 5.73 Å². The number of nitrogens with zero attached hydrogens (tertiary/aromatic N) is 3. The number of hydrogen-bond donors (Lipinski definition) is 1. The van der Waals surface area contributed by atoms with E-state index in [1.165, 1.54) is 0 Å². The minimum atomic E-state index is -0.333. The summed E-state index contributed by atoms with van der Waals surface area (Å²) in [5, 5.41) is 0. The van der Waals surface area contributed by atoms with Gasteiger partial charge in [0.05, 0.1) is 6.54 Å². The first-order valence-electron chi connectivity index (χ1n) is 4.32. The average Bonchev–Trinajstić information content (AvgIpc) is 2.07. The molecule has 1 amide bonds. The van der Waals surface area contributed by atoms with Gasteiger partial charge in [-0.1, -0.05) is 0 Å². The molecule has 0 atom stereocenters. The normalized spacial score (nSPS) is 10.5. The van der Waals surface area contributed by atoms with Crippen molar-refractivity contribution >= 4 is 5.91 Å². The molecule has 76 valence electrons. The molecular weight excluding hydrogens is 180 g/mol. The molecule has 2 N–H and O–H groups in total. The highest BCUT2D eigenvalue weighted by molar-refractivity contribution is 5.75. The lowest BCUT2D eigenvalue weighted by atomic mass is 10.3. The second-order valence-corrected chi connectivity index (χ2v) is 3.28. The number of hydrogen-bond acceptors (Lipinski definition) is 4. The van der Waals surface area contributed by atoms with E-state index >= 15 is 0 Å². The van der Waals surface area contributed by atoms with Crippen LogP contribution in [0.2, 0.25) is 0 Å². The molecule has 5 nitrogen and oxygen atoms in total. The molecule has 5 heteroatoms. The first kappa shape index (κ1) is 10.6. The first-order valence-corrected chi connectivity index (χ1v) is 4.32. The molecule has 1 rings (SSSR count). The lowest BCUT2D eigenvalue weighted by molar-refractivity contribution is -0.118. The van der Waals surface area contributed by atoms with Gasteiger partial charge in [-0.3, -0.25) is 9.69 Å². The number of carbonyl (C=O) groups excluding carboxylic acids is 1. The second kappa shape index (κ2) is 4.66. The predicted molar refractivity (Wildman–Crippen MR) is 52.3 cm³/mol. The number of amides is 1. The standard InChI is InChI=1S/C9H14N4O/c1-7-11-3-8(4-12-7)5-13(2)6-9(10)14/h3-4H,5-6H2,1-2H3,(H2,10,14). The zero-order chi connectivity index (χ0) is 10.6. The first-order chi connectivity index (χ1) is 6.58. The maximum Gasteiger partial charge on any atom is 0.231 e. The molecule has 14 heavy (non-hydrogen) atoms. The lowest BCUT2D eigenvalue weighted by Gasteiger charge is -2.13. The summed E-state index contributed by atoms with van der Waals surface area (Å²) < 4.78 is 0. The van der Waals surface area contributed by atoms with Crippen LogP contribution in [0, 0.1) is 6.92 Å². The largest absolute Gasteiger partial charge is 0.369 e. The molecule has 0 fully saturated rings. The molecule has 0 unspecified atom stereocenters. The van der Waals surface area contributed by atoms with Crippen LogP contribution in [-0.2, 0) is 11.3 Å². The number of aryl methyl sites for hydroxylation is 1. The molecule has 0 aliphatic carbocycles. The summed E-state index contributed by atoms with van der Waals surface area (Å²) in [5.74, 6) is 0.409. The maximum absolute atomic E-state index is 10.6. The summed E-state index contributed by atoms with van der Waals surface area (Å²) in [4.78, 5) is 20.5. The number of carbonyl (C=O) groups is 1. The van der Waals surface area contributed by atoms with Gasteiger partial charge in [-0.05, 0) is 14.0 Å². The Balaban J connectivity index is 2.51. The Hall–Kier alpha value is -1.49. The van der Waals surface area contributed by atoms with E-state index in [0.717, 1.165) is 11.4 Å². The molecule has 0 spiro atoms. The number of likely N-dealkylation sites (N-methyl/N-ethyl adjacent to an activating group) is 1. The van der Waals surface area contributed by atoms with Crippen molar-refractivity contribution in [3.63, 3.8) is 0 Å². The summed E-state index contributed by atoms with van der Waals surface area (Å²) in [6, 6.07) is 0. The zero-order valence-corrected chi connectivity index (χ0v) is 8.40. The quantitative estimate of drug-likeness (QED) is 0.714. The molecule has 1 heterocycles. The fourth-order valence-electron chi connectivity index (χ4n) is 1.13. The monoisotopic (exact) mass is 194 g/mol. The van der Waals surface area contributed by atoms with E-state index in [1.54, 1.807) is 12.4 Å². The zero-order valence-electron chi connectivity index (χ0n) is 8.40. The summed E-state index contributed by atoms with van der Waals surface area (Å²) in [6.07, 6.45) is 3.50. The molecule has 0 bridgehead atoms. The summed E-state index contributed by atoms with van der Waals surface area (Å²) in [6.45, 7) is 2.70. The van der Waals surface area contributed by atoms with Gasteiger partial charge in [0.25, 0.3) is 0 Å². The van der Waals surface area contributed by atoms with Crippen LogP contribution in [0.1, 0.15) is 11.4 Å². The van der Waals surface area contributed by atoms with Crippen LogP contribution >= 0.6 is 0 Å². The molecular formula is C9H14N4O. The third-order valence-electron chi connectivity index (χ3n) is 1.71. The highest BCUT2D eigenvalue weighted by atomic mass is 16.1. The summed E-state index contributed by atoms with van der Waals surface area (Å²) in [5.41, 5.74) is 6.03. The number of primary amides is 1. The van der Waals surface area contributed by atoms with Crippen molar-refractivity contribution < 1.29 is 4.79 Å². The fraction of sp³-hybridized carbons (Fsp3) is 0.444. The van der Waals surface area contributed by atoms with Crippen molar-refractivity contribution in [2.45, 2.75) is 13.5 Å². The van der Waals surface area contributed by atoms with E-state index in [-0.39, 0.29) is 12.5 Å². The lowest BCUT2D eigenvalue weighted by Crippen LogP contribution is -2.30. The molecule has 1 aromatic rings. The van der Waals surface area contributed by atoms with Gasteiger partial charge in [0.2, 0.25) is 5.91 Å². The van der Waals surface area contributed by atoms with Crippen molar-refractivity contribution in [1.29, 1.82) is 0 Å². The third-order valence-corrected chi connectivity index (χ3v) is 1.71. The van der Waals surface area contributed by atoms with Crippen molar-refractivity contribution in [3.05, 3.63) is 23.8 Å². The van der Waals surface area contributed by atoms with Gasteiger partial charge >= 0.3 is 0 Å².